The van der Waals surface area contributed by atoms with E-state index in [2.05, 4.69) is 21.1 Å². The molecule has 1 aliphatic heterocycles. The molecular weight excluding hydrogens is 226 g/mol. The molecule has 2 heterocycles. The number of hydrogen-bond acceptors (Lipinski definition) is 3. The van der Waals surface area contributed by atoms with Crippen LogP contribution in [0.1, 0.15) is 38.1 Å². The molecule has 4 heteroatoms. The summed E-state index contributed by atoms with van der Waals surface area (Å²) in [4.78, 5) is 4.17. The van der Waals surface area contributed by atoms with Crippen LogP contribution >= 0.6 is 0 Å². The van der Waals surface area contributed by atoms with Gasteiger partial charge in [0.05, 0.1) is 6.33 Å². The fourth-order valence-electron chi connectivity index (χ4n) is 3.27. The number of aromatic nitrogens is 2. The molecule has 1 N–H and O–H groups in total. The maximum Gasteiger partial charge on any atom is 0.0949 e. The minimum atomic E-state index is 0.604. The molecule has 2 fully saturated rings. The highest BCUT2D eigenvalue weighted by molar-refractivity contribution is 4.92. The van der Waals surface area contributed by atoms with Crippen LogP contribution in [0.25, 0.3) is 0 Å². The van der Waals surface area contributed by atoms with E-state index < -0.39 is 0 Å². The summed E-state index contributed by atoms with van der Waals surface area (Å²) in [6.07, 6.45) is 12.3. The van der Waals surface area contributed by atoms with Gasteiger partial charge in [0.25, 0.3) is 0 Å². The molecule has 1 aromatic heterocycles. The van der Waals surface area contributed by atoms with Crippen molar-refractivity contribution in [1.82, 2.24) is 14.9 Å². The summed E-state index contributed by atoms with van der Waals surface area (Å²) in [5, 5.41) is 3.79. The summed E-state index contributed by atoms with van der Waals surface area (Å²) in [5.74, 6) is 0.808. The zero-order chi connectivity index (χ0) is 12.2. The zero-order valence-electron chi connectivity index (χ0n) is 10.9. The molecule has 18 heavy (non-hydrogen) atoms. The van der Waals surface area contributed by atoms with Crippen molar-refractivity contribution in [3.63, 3.8) is 0 Å². The fraction of sp³-hybridized carbons (Fsp3) is 0.786. The molecule has 1 aromatic rings. The van der Waals surface area contributed by atoms with E-state index in [1.807, 2.05) is 12.5 Å². The molecule has 100 valence electrons. The van der Waals surface area contributed by atoms with Gasteiger partial charge in [-0.3, -0.25) is 0 Å². The molecule has 0 aromatic carbocycles. The summed E-state index contributed by atoms with van der Waals surface area (Å²) in [6, 6.07) is 1.23. The third-order valence-electron chi connectivity index (χ3n) is 4.40. The van der Waals surface area contributed by atoms with Crippen molar-refractivity contribution in [2.75, 3.05) is 19.8 Å². The van der Waals surface area contributed by atoms with E-state index in [0.717, 1.165) is 25.7 Å². The lowest BCUT2D eigenvalue weighted by Crippen LogP contribution is -2.38. The van der Waals surface area contributed by atoms with Gasteiger partial charge in [-0.25, -0.2) is 4.98 Å². The van der Waals surface area contributed by atoms with E-state index in [0.29, 0.717) is 12.1 Å². The van der Waals surface area contributed by atoms with Gasteiger partial charge in [0.2, 0.25) is 0 Å². The molecule has 2 atom stereocenters. The molecule has 1 saturated carbocycles. The van der Waals surface area contributed by atoms with Crippen molar-refractivity contribution in [2.45, 2.75) is 44.2 Å². The number of nitrogens with one attached hydrogen (secondary N) is 1. The Hall–Kier alpha value is -0.870. The maximum atomic E-state index is 5.41. The van der Waals surface area contributed by atoms with Gasteiger partial charge in [0, 0.05) is 37.7 Å². The number of hydrogen-bond donors (Lipinski definition) is 1. The average molecular weight is 249 g/mol. The van der Waals surface area contributed by atoms with E-state index in [1.165, 1.54) is 32.1 Å². The first-order valence-electron chi connectivity index (χ1n) is 7.22. The van der Waals surface area contributed by atoms with Crippen molar-refractivity contribution >= 4 is 0 Å². The van der Waals surface area contributed by atoms with E-state index in [9.17, 15) is 0 Å². The Balaban J connectivity index is 1.52. The van der Waals surface area contributed by atoms with Gasteiger partial charge in [0.15, 0.2) is 0 Å². The second kappa shape index (κ2) is 5.85. The van der Waals surface area contributed by atoms with E-state index in [1.54, 1.807) is 0 Å². The Morgan fingerprint density at radius 1 is 1.22 bits per heavy atom. The first kappa shape index (κ1) is 12.2. The Morgan fingerprint density at radius 2 is 2.11 bits per heavy atom. The van der Waals surface area contributed by atoms with Crippen LogP contribution in [0.3, 0.4) is 0 Å². The van der Waals surface area contributed by atoms with Crippen LogP contribution in [-0.2, 0) is 4.74 Å². The monoisotopic (exact) mass is 249 g/mol. The molecular formula is C14H23N3O. The molecule has 3 rings (SSSR count). The first-order chi connectivity index (χ1) is 8.93. The van der Waals surface area contributed by atoms with Gasteiger partial charge in [-0.1, -0.05) is 0 Å². The first-order valence-corrected chi connectivity index (χ1v) is 7.22. The van der Waals surface area contributed by atoms with Crippen molar-refractivity contribution in [1.29, 1.82) is 0 Å². The molecule has 4 nitrogen and oxygen atoms in total. The summed E-state index contributed by atoms with van der Waals surface area (Å²) < 4.78 is 7.68. The summed E-state index contributed by atoms with van der Waals surface area (Å²) in [6.45, 7) is 3.04. The van der Waals surface area contributed by atoms with Crippen molar-refractivity contribution < 1.29 is 4.74 Å². The van der Waals surface area contributed by atoms with Crippen molar-refractivity contribution in [3.8, 4) is 0 Å². The Morgan fingerprint density at radius 3 is 2.89 bits per heavy atom. The summed E-state index contributed by atoms with van der Waals surface area (Å²) in [5.41, 5.74) is 0. The third kappa shape index (κ3) is 2.75. The number of rotatable bonds is 4. The molecule has 1 aliphatic carbocycles. The summed E-state index contributed by atoms with van der Waals surface area (Å²) >= 11 is 0. The lowest BCUT2D eigenvalue weighted by molar-refractivity contribution is 0.0650. The molecule has 0 radical (unpaired) electrons. The Kier molecular flexibility index (Phi) is 3.96. The lowest BCUT2D eigenvalue weighted by atomic mass is 9.99. The fourth-order valence-corrected chi connectivity index (χ4v) is 3.27. The topological polar surface area (TPSA) is 39.1 Å². The van der Waals surface area contributed by atoms with Crippen LogP contribution in [0, 0.1) is 5.92 Å². The van der Waals surface area contributed by atoms with Crippen molar-refractivity contribution in [2.24, 2.45) is 5.92 Å². The highest BCUT2D eigenvalue weighted by atomic mass is 16.5. The minimum Gasteiger partial charge on any atom is -0.381 e. The van der Waals surface area contributed by atoms with Gasteiger partial charge in [-0.15, -0.1) is 0 Å². The third-order valence-corrected chi connectivity index (χ3v) is 4.40. The standard InChI is InChI=1S/C14H23N3O/c1-2-13(14(3-1)17-7-6-15-11-17)16-10-12-4-8-18-9-5-12/h6-7,11-14,16H,1-5,8-10H2. The predicted octanol–water partition coefficient (Wildman–Crippen LogP) is 1.99. The molecule has 0 spiro atoms. The van der Waals surface area contributed by atoms with Crippen LogP contribution < -0.4 is 5.32 Å². The quantitative estimate of drug-likeness (QED) is 0.887. The highest BCUT2D eigenvalue weighted by Gasteiger charge is 2.28. The van der Waals surface area contributed by atoms with Crippen molar-refractivity contribution in [3.05, 3.63) is 18.7 Å². The van der Waals surface area contributed by atoms with E-state index in [4.69, 9.17) is 4.74 Å². The molecule has 1 saturated heterocycles. The molecule has 0 bridgehead atoms. The zero-order valence-corrected chi connectivity index (χ0v) is 10.9. The normalized spacial score (nSPS) is 29.8. The average Bonchev–Trinajstić information content (AvgIpc) is 3.08. The number of nitrogens with zero attached hydrogens (tertiary/aromatic N) is 2. The van der Waals surface area contributed by atoms with Crippen LogP contribution in [0.15, 0.2) is 18.7 Å². The van der Waals surface area contributed by atoms with Gasteiger partial charge in [-0.05, 0) is 44.6 Å². The molecule has 2 aliphatic rings. The second-order valence-electron chi connectivity index (χ2n) is 5.58. The largest absolute Gasteiger partial charge is 0.381 e. The lowest BCUT2D eigenvalue weighted by Gasteiger charge is -2.27. The van der Waals surface area contributed by atoms with Gasteiger partial charge < -0.3 is 14.6 Å². The van der Waals surface area contributed by atoms with Gasteiger partial charge >= 0.3 is 0 Å². The Bertz CT molecular complexity index is 346. The SMILES string of the molecule is c1cn(C2CCCC2NCC2CCOCC2)cn1. The smallest absolute Gasteiger partial charge is 0.0949 e. The van der Waals surface area contributed by atoms with Crippen LogP contribution in [0.2, 0.25) is 0 Å². The van der Waals surface area contributed by atoms with E-state index >= 15 is 0 Å². The van der Waals surface area contributed by atoms with Crippen LogP contribution in [0.5, 0.6) is 0 Å². The molecule has 2 unspecified atom stereocenters. The number of imidazole rings is 1. The minimum absolute atomic E-state index is 0.604. The summed E-state index contributed by atoms with van der Waals surface area (Å²) in [7, 11) is 0. The number of ether oxygens (including phenoxy) is 1. The molecule has 0 amide bonds. The highest BCUT2D eigenvalue weighted by Crippen LogP contribution is 2.30. The van der Waals surface area contributed by atoms with Crippen LogP contribution in [-0.4, -0.2) is 35.4 Å². The second-order valence-corrected chi connectivity index (χ2v) is 5.58. The Labute approximate surface area is 109 Å². The maximum absolute atomic E-state index is 5.41. The van der Waals surface area contributed by atoms with Crippen LogP contribution in [0.4, 0.5) is 0 Å². The van der Waals surface area contributed by atoms with Gasteiger partial charge in [-0.2, -0.15) is 0 Å². The van der Waals surface area contributed by atoms with Gasteiger partial charge in [0.1, 0.15) is 0 Å². The predicted molar refractivity (Wildman–Crippen MR) is 70.4 cm³/mol. The van der Waals surface area contributed by atoms with E-state index in [-0.39, 0.29) is 0 Å².